The predicted molar refractivity (Wildman–Crippen MR) is 63.2 cm³/mol. The fourth-order valence-electron chi connectivity index (χ4n) is 1.73. The lowest BCUT2D eigenvalue weighted by molar-refractivity contribution is 1.05. The van der Waals surface area contributed by atoms with Crippen molar-refractivity contribution in [1.82, 2.24) is 14.4 Å². The van der Waals surface area contributed by atoms with Crippen LogP contribution < -0.4 is 0 Å². The van der Waals surface area contributed by atoms with Gasteiger partial charge in [0.05, 0.1) is 5.69 Å². The highest BCUT2D eigenvalue weighted by Gasteiger charge is 2.03. The Kier molecular flexibility index (Phi) is 1.96. The average molecular weight is 209 g/mol. The number of rotatable bonds is 1. The molecule has 0 atom stereocenters. The molecule has 3 heteroatoms. The number of imidazole rings is 1. The maximum Gasteiger partial charge on any atom is 0.140 e. The van der Waals surface area contributed by atoms with Crippen molar-refractivity contribution in [3.05, 3.63) is 54.6 Å². The van der Waals surface area contributed by atoms with Gasteiger partial charge in [-0.15, -0.1) is 0 Å². The number of fused-ring (bicyclic) bond motifs is 1. The third-order valence-electron chi connectivity index (χ3n) is 2.55. The van der Waals surface area contributed by atoms with Crippen molar-refractivity contribution in [3.8, 4) is 11.3 Å². The van der Waals surface area contributed by atoms with Crippen LogP contribution in [0.2, 0.25) is 0 Å². The standard InChI is InChI=1S/C13H11N3/c1-10-7-13-15-12(8-16(13)9-14-10)11-5-3-2-4-6-11/h2-9H,1H3. The summed E-state index contributed by atoms with van der Waals surface area (Å²) in [4.78, 5) is 8.80. The summed E-state index contributed by atoms with van der Waals surface area (Å²) in [6, 6.07) is 12.1. The van der Waals surface area contributed by atoms with E-state index in [0.717, 1.165) is 22.6 Å². The van der Waals surface area contributed by atoms with Gasteiger partial charge in [0.15, 0.2) is 0 Å². The summed E-state index contributed by atoms with van der Waals surface area (Å²) in [5.74, 6) is 0. The van der Waals surface area contributed by atoms with Crippen LogP contribution in [0.15, 0.2) is 48.9 Å². The molecule has 0 radical (unpaired) electrons. The Balaban J connectivity index is 2.19. The van der Waals surface area contributed by atoms with Crippen molar-refractivity contribution >= 4 is 5.65 Å². The highest BCUT2D eigenvalue weighted by molar-refractivity contribution is 5.62. The molecule has 0 aliphatic carbocycles. The first kappa shape index (κ1) is 9.09. The van der Waals surface area contributed by atoms with Crippen LogP contribution in [0.1, 0.15) is 5.69 Å². The van der Waals surface area contributed by atoms with E-state index in [0.29, 0.717) is 0 Å². The number of hydrogen-bond donors (Lipinski definition) is 0. The number of benzene rings is 1. The number of aromatic nitrogens is 3. The van der Waals surface area contributed by atoms with Gasteiger partial charge in [-0.25, -0.2) is 9.97 Å². The lowest BCUT2D eigenvalue weighted by atomic mass is 10.2. The van der Waals surface area contributed by atoms with Gasteiger partial charge in [-0.3, -0.25) is 4.40 Å². The van der Waals surface area contributed by atoms with E-state index < -0.39 is 0 Å². The molecule has 0 aliphatic heterocycles. The maximum absolute atomic E-state index is 4.57. The van der Waals surface area contributed by atoms with Crippen LogP contribution in [0, 0.1) is 6.92 Å². The monoisotopic (exact) mass is 209 g/mol. The minimum atomic E-state index is 0.936. The van der Waals surface area contributed by atoms with Gasteiger partial charge >= 0.3 is 0 Å². The summed E-state index contributed by atoms with van der Waals surface area (Å²) in [6.07, 6.45) is 3.79. The summed E-state index contributed by atoms with van der Waals surface area (Å²) in [5, 5.41) is 0. The van der Waals surface area contributed by atoms with Crippen molar-refractivity contribution in [3.63, 3.8) is 0 Å². The fourth-order valence-corrected chi connectivity index (χ4v) is 1.73. The number of nitrogens with zero attached hydrogens (tertiary/aromatic N) is 3. The van der Waals surface area contributed by atoms with Crippen molar-refractivity contribution in [2.75, 3.05) is 0 Å². The van der Waals surface area contributed by atoms with E-state index in [1.54, 1.807) is 6.33 Å². The molecule has 0 bridgehead atoms. The second-order valence-electron chi connectivity index (χ2n) is 3.79. The van der Waals surface area contributed by atoms with Crippen LogP contribution in [0.4, 0.5) is 0 Å². The molecule has 3 rings (SSSR count). The van der Waals surface area contributed by atoms with E-state index in [-0.39, 0.29) is 0 Å². The Morgan fingerprint density at radius 3 is 2.75 bits per heavy atom. The highest BCUT2D eigenvalue weighted by atomic mass is 15.0. The van der Waals surface area contributed by atoms with Crippen molar-refractivity contribution in [2.45, 2.75) is 6.92 Å². The van der Waals surface area contributed by atoms with E-state index in [4.69, 9.17) is 0 Å². The quantitative estimate of drug-likeness (QED) is 0.616. The van der Waals surface area contributed by atoms with Crippen LogP contribution >= 0.6 is 0 Å². The van der Waals surface area contributed by atoms with Gasteiger partial charge in [-0.05, 0) is 6.92 Å². The average Bonchev–Trinajstić information content (AvgIpc) is 2.73. The van der Waals surface area contributed by atoms with Crippen molar-refractivity contribution in [1.29, 1.82) is 0 Å². The molecule has 0 N–H and O–H groups in total. The second kappa shape index (κ2) is 3.45. The maximum atomic E-state index is 4.57. The molecule has 16 heavy (non-hydrogen) atoms. The zero-order valence-corrected chi connectivity index (χ0v) is 8.96. The summed E-state index contributed by atoms with van der Waals surface area (Å²) in [5.41, 5.74) is 4.03. The number of hydrogen-bond acceptors (Lipinski definition) is 2. The zero-order valence-electron chi connectivity index (χ0n) is 8.96. The number of aryl methyl sites for hydroxylation is 1. The van der Waals surface area contributed by atoms with Crippen LogP contribution in [0.5, 0.6) is 0 Å². The zero-order chi connectivity index (χ0) is 11.0. The third kappa shape index (κ3) is 1.46. The predicted octanol–water partition coefficient (Wildman–Crippen LogP) is 2.70. The van der Waals surface area contributed by atoms with Gasteiger partial charge in [0.2, 0.25) is 0 Å². The summed E-state index contributed by atoms with van der Waals surface area (Å²) in [6.45, 7) is 1.97. The molecular weight excluding hydrogens is 198 g/mol. The molecule has 3 aromatic rings. The SMILES string of the molecule is Cc1cc2nc(-c3ccccc3)cn2cn1. The Hall–Kier alpha value is -2.16. The van der Waals surface area contributed by atoms with Gasteiger partial charge in [0.25, 0.3) is 0 Å². The lowest BCUT2D eigenvalue weighted by Crippen LogP contribution is -1.87. The Morgan fingerprint density at radius 2 is 1.94 bits per heavy atom. The molecule has 0 amide bonds. The Morgan fingerprint density at radius 1 is 1.12 bits per heavy atom. The third-order valence-corrected chi connectivity index (χ3v) is 2.55. The van der Waals surface area contributed by atoms with Gasteiger partial charge in [0.1, 0.15) is 12.0 Å². The highest BCUT2D eigenvalue weighted by Crippen LogP contribution is 2.18. The topological polar surface area (TPSA) is 30.2 Å². The van der Waals surface area contributed by atoms with Crippen LogP contribution in [0.25, 0.3) is 16.9 Å². The molecule has 0 spiro atoms. The summed E-state index contributed by atoms with van der Waals surface area (Å²) in [7, 11) is 0. The molecular formula is C13H11N3. The van der Waals surface area contributed by atoms with Crippen LogP contribution in [-0.4, -0.2) is 14.4 Å². The normalized spacial score (nSPS) is 10.8. The molecule has 0 aliphatic rings. The molecule has 0 saturated heterocycles. The first-order valence-electron chi connectivity index (χ1n) is 5.20. The Labute approximate surface area is 93.4 Å². The van der Waals surface area contributed by atoms with E-state index in [9.17, 15) is 0 Å². The van der Waals surface area contributed by atoms with Gasteiger partial charge in [-0.2, -0.15) is 0 Å². The van der Waals surface area contributed by atoms with Gasteiger partial charge in [-0.1, -0.05) is 30.3 Å². The minimum absolute atomic E-state index is 0.936. The minimum Gasteiger partial charge on any atom is -0.290 e. The first-order valence-corrected chi connectivity index (χ1v) is 5.20. The largest absolute Gasteiger partial charge is 0.290 e. The van der Waals surface area contributed by atoms with E-state index in [1.807, 2.05) is 41.8 Å². The van der Waals surface area contributed by atoms with E-state index >= 15 is 0 Å². The molecule has 2 aromatic heterocycles. The van der Waals surface area contributed by atoms with Crippen molar-refractivity contribution in [2.24, 2.45) is 0 Å². The first-order chi connectivity index (χ1) is 7.83. The molecule has 2 heterocycles. The molecule has 0 unspecified atom stereocenters. The van der Waals surface area contributed by atoms with Crippen molar-refractivity contribution < 1.29 is 0 Å². The fraction of sp³-hybridized carbons (Fsp3) is 0.0769. The smallest absolute Gasteiger partial charge is 0.140 e. The molecule has 3 nitrogen and oxygen atoms in total. The van der Waals surface area contributed by atoms with Crippen LogP contribution in [0.3, 0.4) is 0 Å². The van der Waals surface area contributed by atoms with Gasteiger partial charge < -0.3 is 0 Å². The van der Waals surface area contributed by atoms with E-state index in [1.165, 1.54) is 0 Å². The van der Waals surface area contributed by atoms with Crippen LogP contribution in [-0.2, 0) is 0 Å². The second-order valence-corrected chi connectivity index (χ2v) is 3.79. The molecule has 78 valence electrons. The van der Waals surface area contributed by atoms with Gasteiger partial charge in [0, 0.05) is 23.5 Å². The molecule has 1 aromatic carbocycles. The Bertz CT molecular complexity index is 626. The summed E-state index contributed by atoms with van der Waals surface area (Å²) >= 11 is 0. The molecule has 0 saturated carbocycles. The van der Waals surface area contributed by atoms with E-state index in [2.05, 4.69) is 22.1 Å². The summed E-state index contributed by atoms with van der Waals surface area (Å²) < 4.78 is 1.94. The molecule has 0 fully saturated rings. The lowest BCUT2D eigenvalue weighted by Gasteiger charge is -1.92.